The number of aliphatic hydroxyl groups is 2. The van der Waals surface area contributed by atoms with Crippen LogP contribution in [0.1, 0.15) is 12.0 Å². The van der Waals surface area contributed by atoms with E-state index in [-0.39, 0.29) is 18.5 Å². The van der Waals surface area contributed by atoms with Crippen molar-refractivity contribution in [3.63, 3.8) is 0 Å². The third-order valence-electron chi connectivity index (χ3n) is 4.30. The summed E-state index contributed by atoms with van der Waals surface area (Å²) >= 11 is 0. The van der Waals surface area contributed by atoms with Crippen LogP contribution in [0.15, 0.2) is 48.5 Å². The van der Waals surface area contributed by atoms with Gasteiger partial charge in [-0.15, -0.1) is 0 Å². The molecule has 2 atom stereocenters. The predicted octanol–water partition coefficient (Wildman–Crippen LogP) is 2.21. The Hall–Kier alpha value is -2.15. The second kappa shape index (κ2) is 8.98. The third kappa shape index (κ3) is 5.17. The Kier molecular flexibility index (Phi) is 6.44. The van der Waals surface area contributed by atoms with Crippen molar-refractivity contribution >= 4 is 0 Å². The van der Waals surface area contributed by atoms with E-state index in [0.717, 1.165) is 11.3 Å². The van der Waals surface area contributed by atoms with E-state index in [1.165, 1.54) is 12.1 Å². The molecule has 140 valence electrons. The first kappa shape index (κ1) is 18.6. The molecule has 0 aromatic heterocycles. The van der Waals surface area contributed by atoms with Crippen molar-refractivity contribution in [3.05, 3.63) is 59.9 Å². The molecule has 0 bridgehead atoms. The average Bonchev–Trinajstić information content (AvgIpc) is 2.96. The van der Waals surface area contributed by atoms with Crippen LogP contribution in [0.2, 0.25) is 0 Å². The van der Waals surface area contributed by atoms with E-state index in [1.807, 2.05) is 24.3 Å². The first-order chi connectivity index (χ1) is 12.6. The summed E-state index contributed by atoms with van der Waals surface area (Å²) in [4.78, 5) is 2.11. The van der Waals surface area contributed by atoms with Gasteiger partial charge in [0.15, 0.2) is 0 Å². The van der Waals surface area contributed by atoms with Gasteiger partial charge < -0.3 is 19.7 Å². The Morgan fingerprint density at radius 3 is 2.62 bits per heavy atom. The van der Waals surface area contributed by atoms with Crippen molar-refractivity contribution in [3.8, 4) is 11.5 Å². The summed E-state index contributed by atoms with van der Waals surface area (Å²) in [6.45, 7) is 2.39. The van der Waals surface area contributed by atoms with E-state index in [0.29, 0.717) is 38.4 Å². The molecular formula is C20H24FNO4. The summed E-state index contributed by atoms with van der Waals surface area (Å²) in [6.07, 6.45) is -0.377. The predicted molar refractivity (Wildman–Crippen MR) is 95.7 cm³/mol. The van der Waals surface area contributed by atoms with Gasteiger partial charge in [0.2, 0.25) is 0 Å². The molecule has 1 heterocycles. The number of aliphatic hydroxyl groups excluding tert-OH is 2. The van der Waals surface area contributed by atoms with Crippen LogP contribution in [0.4, 0.5) is 4.39 Å². The molecule has 26 heavy (non-hydrogen) atoms. The Balaban J connectivity index is 1.51. The molecule has 1 aliphatic rings. The van der Waals surface area contributed by atoms with Crippen LogP contribution in [0.5, 0.6) is 11.5 Å². The minimum Gasteiger partial charge on any atom is -0.494 e. The van der Waals surface area contributed by atoms with Gasteiger partial charge in [0.25, 0.3) is 0 Å². The number of benzene rings is 2. The van der Waals surface area contributed by atoms with E-state index in [1.54, 1.807) is 12.1 Å². The maximum absolute atomic E-state index is 13.3. The zero-order chi connectivity index (χ0) is 18.4. The summed E-state index contributed by atoms with van der Waals surface area (Å²) in [5.74, 6) is 0.851. The molecule has 6 heteroatoms. The molecule has 0 radical (unpaired) electrons. The van der Waals surface area contributed by atoms with Crippen LogP contribution in [-0.4, -0.2) is 53.6 Å². The van der Waals surface area contributed by atoms with Crippen molar-refractivity contribution < 1.29 is 24.1 Å². The zero-order valence-corrected chi connectivity index (χ0v) is 14.6. The maximum Gasteiger partial charge on any atom is 0.138 e. The SMILES string of the molecule is OCCCOc1ccc(CN2C[C@H](Oc3cccc(F)c3)[C@@H](O)C2)cc1. The van der Waals surface area contributed by atoms with Crippen molar-refractivity contribution in [2.45, 2.75) is 25.2 Å². The minimum absolute atomic E-state index is 0.119. The molecule has 2 aromatic carbocycles. The highest BCUT2D eigenvalue weighted by Crippen LogP contribution is 2.22. The van der Waals surface area contributed by atoms with E-state index in [2.05, 4.69) is 4.90 Å². The molecule has 2 aromatic rings. The molecule has 2 N–H and O–H groups in total. The van der Waals surface area contributed by atoms with Crippen molar-refractivity contribution in [2.75, 3.05) is 26.3 Å². The molecule has 1 aliphatic heterocycles. The summed E-state index contributed by atoms with van der Waals surface area (Å²) < 4.78 is 24.5. The van der Waals surface area contributed by atoms with Crippen molar-refractivity contribution in [2.24, 2.45) is 0 Å². The lowest BCUT2D eigenvalue weighted by atomic mass is 10.2. The number of β-amino-alcohol motifs (C(OH)–C–C–N with tert-alkyl or cyclic N) is 1. The van der Waals surface area contributed by atoms with Gasteiger partial charge in [0.05, 0.1) is 6.61 Å². The molecule has 0 amide bonds. The van der Waals surface area contributed by atoms with Gasteiger partial charge in [-0.05, 0) is 29.8 Å². The maximum atomic E-state index is 13.3. The second-order valence-electron chi connectivity index (χ2n) is 6.44. The highest BCUT2D eigenvalue weighted by molar-refractivity contribution is 5.27. The van der Waals surface area contributed by atoms with Gasteiger partial charge in [-0.1, -0.05) is 18.2 Å². The molecule has 0 aliphatic carbocycles. The largest absolute Gasteiger partial charge is 0.494 e. The quantitative estimate of drug-likeness (QED) is 0.706. The third-order valence-corrected chi connectivity index (χ3v) is 4.30. The van der Waals surface area contributed by atoms with Crippen LogP contribution in [0, 0.1) is 5.82 Å². The summed E-state index contributed by atoms with van der Waals surface area (Å²) in [7, 11) is 0. The number of ether oxygens (including phenoxy) is 2. The van der Waals surface area contributed by atoms with Gasteiger partial charge >= 0.3 is 0 Å². The van der Waals surface area contributed by atoms with Crippen LogP contribution < -0.4 is 9.47 Å². The molecule has 1 saturated heterocycles. The highest BCUT2D eigenvalue weighted by Gasteiger charge is 2.33. The summed E-state index contributed by atoms with van der Waals surface area (Å²) in [5, 5.41) is 19.0. The molecule has 3 rings (SSSR count). The molecule has 5 nitrogen and oxygen atoms in total. The lowest BCUT2D eigenvalue weighted by Gasteiger charge is -2.17. The normalized spacial score (nSPS) is 20.3. The van der Waals surface area contributed by atoms with Gasteiger partial charge in [-0.3, -0.25) is 4.90 Å². The number of hydrogen-bond acceptors (Lipinski definition) is 5. The van der Waals surface area contributed by atoms with E-state index in [4.69, 9.17) is 14.6 Å². The molecule has 0 unspecified atom stereocenters. The molecule has 1 fully saturated rings. The number of rotatable bonds is 8. The van der Waals surface area contributed by atoms with E-state index < -0.39 is 6.10 Å². The number of nitrogens with zero attached hydrogens (tertiary/aromatic N) is 1. The number of halogens is 1. The zero-order valence-electron chi connectivity index (χ0n) is 14.6. The van der Waals surface area contributed by atoms with E-state index >= 15 is 0 Å². The minimum atomic E-state index is -0.612. The standard InChI is InChI=1S/C20H24FNO4/c21-16-3-1-4-18(11-16)26-20-14-22(13-19(20)24)12-15-5-7-17(8-6-15)25-10-2-9-23/h1,3-8,11,19-20,23-24H,2,9-10,12-14H2/t19-,20-/m0/s1. The molecule has 0 spiro atoms. The Morgan fingerprint density at radius 2 is 1.88 bits per heavy atom. The average molecular weight is 361 g/mol. The van der Waals surface area contributed by atoms with Crippen LogP contribution >= 0.6 is 0 Å². The fraction of sp³-hybridized carbons (Fsp3) is 0.400. The van der Waals surface area contributed by atoms with E-state index in [9.17, 15) is 9.50 Å². The van der Waals surface area contributed by atoms with Gasteiger partial charge in [0, 0.05) is 38.7 Å². The fourth-order valence-corrected chi connectivity index (χ4v) is 3.00. The molecule has 0 saturated carbocycles. The topological polar surface area (TPSA) is 62.2 Å². The smallest absolute Gasteiger partial charge is 0.138 e. The second-order valence-corrected chi connectivity index (χ2v) is 6.44. The van der Waals surface area contributed by atoms with Gasteiger partial charge in [-0.2, -0.15) is 0 Å². The van der Waals surface area contributed by atoms with Crippen molar-refractivity contribution in [1.82, 2.24) is 4.90 Å². The monoisotopic (exact) mass is 361 g/mol. The first-order valence-corrected chi connectivity index (χ1v) is 8.79. The number of likely N-dealkylation sites (tertiary alicyclic amines) is 1. The van der Waals surface area contributed by atoms with Crippen LogP contribution in [0.3, 0.4) is 0 Å². The fourth-order valence-electron chi connectivity index (χ4n) is 3.00. The molecular weight excluding hydrogens is 337 g/mol. The summed E-state index contributed by atoms with van der Waals surface area (Å²) in [6, 6.07) is 13.7. The lowest BCUT2D eigenvalue weighted by Crippen LogP contribution is -2.29. The Bertz CT molecular complexity index is 694. The van der Waals surface area contributed by atoms with Crippen molar-refractivity contribution in [1.29, 1.82) is 0 Å². The van der Waals surface area contributed by atoms with Crippen LogP contribution in [0.25, 0.3) is 0 Å². The first-order valence-electron chi connectivity index (χ1n) is 8.79. The van der Waals surface area contributed by atoms with Crippen LogP contribution in [-0.2, 0) is 6.54 Å². The lowest BCUT2D eigenvalue weighted by molar-refractivity contribution is 0.0734. The summed E-state index contributed by atoms with van der Waals surface area (Å²) in [5.41, 5.74) is 1.11. The van der Waals surface area contributed by atoms with Gasteiger partial charge in [0.1, 0.15) is 29.5 Å². The highest BCUT2D eigenvalue weighted by atomic mass is 19.1. The Morgan fingerprint density at radius 1 is 1.08 bits per heavy atom. The van der Waals surface area contributed by atoms with Gasteiger partial charge in [-0.25, -0.2) is 4.39 Å². The Labute approximate surface area is 152 Å². The number of hydrogen-bond donors (Lipinski definition) is 2.